The number of aromatic amines is 1. The number of para-hydroxylation sites is 1. The topological polar surface area (TPSA) is 96.0 Å². The Morgan fingerprint density at radius 2 is 1.74 bits per heavy atom. The van der Waals surface area contributed by atoms with Gasteiger partial charge in [0.25, 0.3) is 5.95 Å². The van der Waals surface area contributed by atoms with Crippen molar-refractivity contribution in [3.8, 4) is 17.0 Å². The molecule has 168 valence electrons. The molecule has 0 fully saturated rings. The van der Waals surface area contributed by atoms with E-state index in [2.05, 4.69) is 25.6 Å². The lowest BCUT2D eigenvalue weighted by atomic mass is 10.1. The highest BCUT2D eigenvalue weighted by Crippen LogP contribution is 2.29. The zero-order valence-electron chi connectivity index (χ0n) is 18.5. The van der Waals surface area contributed by atoms with Crippen LogP contribution in [0.2, 0.25) is 0 Å². The molecule has 0 atom stereocenters. The lowest BCUT2D eigenvalue weighted by Crippen LogP contribution is -2.38. The van der Waals surface area contributed by atoms with Crippen molar-refractivity contribution in [3.05, 3.63) is 96.8 Å². The van der Waals surface area contributed by atoms with Crippen molar-refractivity contribution in [3.63, 3.8) is 0 Å². The van der Waals surface area contributed by atoms with E-state index in [9.17, 15) is 4.79 Å². The number of hydrazine groups is 1. The van der Waals surface area contributed by atoms with Gasteiger partial charge in [0.05, 0.1) is 11.9 Å². The van der Waals surface area contributed by atoms with Gasteiger partial charge in [0.15, 0.2) is 0 Å². The number of nitrogens with one attached hydrogen (secondary N) is 2. The molecule has 2 N–H and O–H groups in total. The van der Waals surface area contributed by atoms with E-state index in [1.807, 2.05) is 78.9 Å². The zero-order chi connectivity index (χ0) is 23.3. The van der Waals surface area contributed by atoms with Gasteiger partial charge in [0, 0.05) is 29.6 Å². The summed E-state index contributed by atoms with van der Waals surface area (Å²) in [5.41, 5.74) is 7.01. The van der Waals surface area contributed by atoms with Gasteiger partial charge in [-0.05, 0) is 35.9 Å². The normalized spacial score (nSPS) is 10.7. The summed E-state index contributed by atoms with van der Waals surface area (Å²) in [6.07, 6.45) is 3.43. The van der Waals surface area contributed by atoms with E-state index in [0.29, 0.717) is 12.3 Å². The zero-order valence-corrected chi connectivity index (χ0v) is 18.5. The quantitative estimate of drug-likeness (QED) is 0.346. The van der Waals surface area contributed by atoms with Crippen LogP contribution in [0.5, 0.6) is 5.75 Å². The summed E-state index contributed by atoms with van der Waals surface area (Å²) in [7, 11) is 0. The van der Waals surface area contributed by atoms with Crippen molar-refractivity contribution in [1.29, 1.82) is 0 Å². The van der Waals surface area contributed by atoms with Crippen LogP contribution in [0, 0.1) is 0 Å². The first-order chi connectivity index (χ1) is 16.7. The molecule has 1 amide bonds. The molecule has 5 aromatic rings. The van der Waals surface area contributed by atoms with Gasteiger partial charge in [-0.15, -0.1) is 10.2 Å². The lowest BCUT2D eigenvalue weighted by molar-refractivity contribution is -0.118. The SMILES string of the molecule is CC(=O)NN(c1ncc(-c2ccc(OCc3ccccc3)cc2)nn1)c1c[nH]c2ccccc12. The van der Waals surface area contributed by atoms with Gasteiger partial charge < -0.3 is 9.72 Å². The third-order valence-corrected chi connectivity index (χ3v) is 5.23. The van der Waals surface area contributed by atoms with Crippen LogP contribution < -0.4 is 15.2 Å². The fourth-order valence-electron chi connectivity index (χ4n) is 3.58. The largest absolute Gasteiger partial charge is 0.489 e. The van der Waals surface area contributed by atoms with E-state index >= 15 is 0 Å². The molecule has 0 aliphatic carbocycles. The van der Waals surface area contributed by atoms with Crippen molar-refractivity contribution >= 4 is 28.4 Å². The first-order valence-corrected chi connectivity index (χ1v) is 10.8. The van der Waals surface area contributed by atoms with Crippen molar-refractivity contribution in [2.45, 2.75) is 13.5 Å². The summed E-state index contributed by atoms with van der Waals surface area (Å²) >= 11 is 0. The van der Waals surface area contributed by atoms with Gasteiger partial charge in [-0.2, -0.15) is 0 Å². The summed E-state index contributed by atoms with van der Waals surface area (Å²) in [5.74, 6) is 0.775. The molecule has 5 rings (SSSR count). The number of anilines is 2. The van der Waals surface area contributed by atoms with E-state index in [4.69, 9.17) is 4.74 Å². The van der Waals surface area contributed by atoms with Gasteiger partial charge in [-0.25, -0.2) is 9.99 Å². The predicted octanol–water partition coefficient (Wildman–Crippen LogP) is 4.79. The van der Waals surface area contributed by atoms with E-state index in [0.717, 1.165) is 33.5 Å². The number of aromatic nitrogens is 4. The number of hydrogen-bond donors (Lipinski definition) is 2. The number of rotatable bonds is 7. The van der Waals surface area contributed by atoms with Gasteiger partial charge in [-0.1, -0.05) is 48.5 Å². The lowest BCUT2D eigenvalue weighted by Gasteiger charge is -2.21. The molecule has 0 spiro atoms. The summed E-state index contributed by atoms with van der Waals surface area (Å²) in [6, 6.07) is 25.4. The standard InChI is InChI=1S/C26H22N6O2/c1-18(33)31-32(25-16-27-23-10-6-5-9-22(23)25)26-28-15-24(29-30-26)20-11-13-21(14-12-20)34-17-19-7-3-2-4-8-19/h2-16,27H,17H2,1H3,(H,31,33). The Kier molecular flexibility index (Phi) is 5.85. The molecule has 0 aliphatic heterocycles. The number of carbonyl (C=O) groups is 1. The van der Waals surface area contributed by atoms with Crippen molar-refractivity contribution in [1.82, 2.24) is 25.6 Å². The summed E-state index contributed by atoms with van der Waals surface area (Å²) in [6.45, 7) is 1.94. The molecule has 2 heterocycles. The molecule has 0 radical (unpaired) electrons. The Labute approximate surface area is 196 Å². The molecule has 0 saturated heterocycles. The molecule has 2 aromatic heterocycles. The number of fused-ring (bicyclic) bond motifs is 1. The minimum atomic E-state index is -0.246. The number of ether oxygens (including phenoxy) is 1. The summed E-state index contributed by atoms with van der Waals surface area (Å²) < 4.78 is 5.85. The summed E-state index contributed by atoms with van der Waals surface area (Å²) in [4.78, 5) is 19.5. The average Bonchev–Trinajstić information content (AvgIpc) is 3.31. The van der Waals surface area contributed by atoms with Gasteiger partial charge in [0.1, 0.15) is 18.1 Å². The Bertz CT molecular complexity index is 1400. The van der Waals surface area contributed by atoms with Crippen LogP contribution >= 0.6 is 0 Å². The summed E-state index contributed by atoms with van der Waals surface area (Å²) in [5, 5.41) is 11.1. The second-order valence-electron chi connectivity index (χ2n) is 7.66. The minimum Gasteiger partial charge on any atom is -0.489 e. The maximum Gasteiger partial charge on any atom is 0.269 e. The second kappa shape index (κ2) is 9.41. The number of benzene rings is 3. The third-order valence-electron chi connectivity index (χ3n) is 5.23. The highest BCUT2D eigenvalue weighted by molar-refractivity contribution is 5.95. The van der Waals surface area contributed by atoms with Crippen molar-refractivity contribution in [2.75, 3.05) is 5.01 Å². The Balaban J connectivity index is 1.35. The molecule has 3 aromatic carbocycles. The fourth-order valence-corrected chi connectivity index (χ4v) is 3.58. The van der Waals surface area contributed by atoms with E-state index in [1.54, 1.807) is 12.4 Å². The molecule has 34 heavy (non-hydrogen) atoms. The predicted molar refractivity (Wildman–Crippen MR) is 130 cm³/mol. The third kappa shape index (κ3) is 4.56. The van der Waals surface area contributed by atoms with Crippen LogP contribution in [0.3, 0.4) is 0 Å². The molecule has 0 bridgehead atoms. The van der Waals surface area contributed by atoms with Crippen molar-refractivity contribution in [2.24, 2.45) is 0 Å². The van der Waals surface area contributed by atoms with Crippen LogP contribution in [0.25, 0.3) is 22.2 Å². The molecule has 0 unspecified atom stereocenters. The maximum atomic E-state index is 11.9. The Hall–Kier alpha value is -4.72. The van der Waals surface area contributed by atoms with Crippen LogP contribution in [-0.4, -0.2) is 26.1 Å². The number of nitrogens with zero attached hydrogens (tertiary/aromatic N) is 4. The monoisotopic (exact) mass is 450 g/mol. The van der Waals surface area contributed by atoms with Crippen LogP contribution in [0.15, 0.2) is 91.3 Å². The Morgan fingerprint density at radius 1 is 0.971 bits per heavy atom. The molecule has 0 saturated carbocycles. The number of amides is 1. The molecule has 8 nitrogen and oxygen atoms in total. The average molecular weight is 451 g/mol. The second-order valence-corrected chi connectivity index (χ2v) is 7.66. The molecule has 0 aliphatic rings. The first kappa shape index (κ1) is 21.1. The van der Waals surface area contributed by atoms with Crippen molar-refractivity contribution < 1.29 is 9.53 Å². The van der Waals surface area contributed by atoms with E-state index in [1.165, 1.54) is 11.9 Å². The van der Waals surface area contributed by atoms with Crippen LogP contribution in [-0.2, 0) is 11.4 Å². The molecular formula is C26H22N6O2. The van der Waals surface area contributed by atoms with Crippen LogP contribution in [0.4, 0.5) is 11.6 Å². The number of hydrogen-bond acceptors (Lipinski definition) is 6. The van der Waals surface area contributed by atoms with Crippen LogP contribution in [0.1, 0.15) is 12.5 Å². The minimum absolute atomic E-state index is 0.246. The highest BCUT2D eigenvalue weighted by atomic mass is 16.5. The maximum absolute atomic E-state index is 11.9. The van der Waals surface area contributed by atoms with E-state index < -0.39 is 0 Å². The van der Waals surface area contributed by atoms with Gasteiger partial charge >= 0.3 is 0 Å². The first-order valence-electron chi connectivity index (χ1n) is 10.8. The fraction of sp³-hybridized carbons (Fsp3) is 0.0769. The van der Waals surface area contributed by atoms with E-state index in [-0.39, 0.29) is 11.9 Å². The molecular weight excluding hydrogens is 428 g/mol. The number of H-pyrrole nitrogens is 1. The Morgan fingerprint density at radius 3 is 2.47 bits per heavy atom. The van der Waals surface area contributed by atoms with Gasteiger partial charge in [-0.3, -0.25) is 10.2 Å². The van der Waals surface area contributed by atoms with Gasteiger partial charge in [0.2, 0.25) is 5.91 Å². The number of carbonyl (C=O) groups excluding carboxylic acids is 1. The molecule has 8 heteroatoms. The smallest absolute Gasteiger partial charge is 0.269 e. The highest BCUT2D eigenvalue weighted by Gasteiger charge is 2.18.